The summed E-state index contributed by atoms with van der Waals surface area (Å²) in [5.74, 6) is -0.0685. The number of para-hydroxylation sites is 2. The fourth-order valence-electron chi connectivity index (χ4n) is 3.82. The lowest BCUT2D eigenvalue weighted by molar-refractivity contribution is -0.141. The molecule has 0 radical (unpaired) electrons. The third kappa shape index (κ3) is 7.86. The van der Waals surface area contributed by atoms with Crippen LogP contribution in [0, 0.1) is 0 Å². The average molecular weight is 524 g/mol. The number of rotatable bonds is 13. The Kier molecular flexibility index (Phi) is 10.9. The first-order valence-electron chi connectivity index (χ1n) is 11.6. The second kappa shape index (κ2) is 13.3. The molecule has 10 heteroatoms. The van der Waals surface area contributed by atoms with Gasteiger partial charge in [0.1, 0.15) is 11.8 Å². The standard InChI is InChI=1S/C25H34ClN3O5S/c1-5-21(25(31)27-3)28(18-19-12-7-8-13-20(19)26)24(30)16-11-17-29(35(4,32)33)22-14-9-10-15-23(22)34-6-2/h7-10,12-15,21H,5-6,11,16-18H2,1-4H3,(H,27,31)/t21-/m0/s1. The molecule has 0 aliphatic carbocycles. The first kappa shape index (κ1) is 28.5. The number of sulfonamides is 1. The lowest BCUT2D eigenvalue weighted by Crippen LogP contribution is -2.48. The van der Waals surface area contributed by atoms with E-state index < -0.39 is 16.1 Å². The molecule has 2 amide bonds. The highest BCUT2D eigenvalue weighted by Crippen LogP contribution is 2.30. The van der Waals surface area contributed by atoms with Gasteiger partial charge in [-0.2, -0.15) is 0 Å². The van der Waals surface area contributed by atoms with Gasteiger partial charge in [0.2, 0.25) is 21.8 Å². The number of hydrogen-bond acceptors (Lipinski definition) is 5. The molecule has 0 aromatic heterocycles. The minimum atomic E-state index is -3.62. The maximum atomic E-state index is 13.3. The van der Waals surface area contributed by atoms with Crippen molar-refractivity contribution in [3.63, 3.8) is 0 Å². The van der Waals surface area contributed by atoms with E-state index in [1.165, 1.54) is 16.3 Å². The minimum Gasteiger partial charge on any atom is -0.492 e. The fourth-order valence-corrected chi connectivity index (χ4v) is 4.98. The predicted molar refractivity (Wildman–Crippen MR) is 139 cm³/mol. The zero-order valence-corrected chi connectivity index (χ0v) is 22.2. The summed E-state index contributed by atoms with van der Waals surface area (Å²) >= 11 is 6.32. The van der Waals surface area contributed by atoms with Gasteiger partial charge in [0.15, 0.2) is 0 Å². The Morgan fingerprint density at radius 3 is 2.34 bits per heavy atom. The molecule has 0 saturated carbocycles. The first-order chi connectivity index (χ1) is 16.6. The Morgan fingerprint density at radius 2 is 1.74 bits per heavy atom. The largest absolute Gasteiger partial charge is 0.492 e. The van der Waals surface area contributed by atoms with Crippen molar-refractivity contribution in [2.75, 3.05) is 30.8 Å². The van der Waals surface area contributed by atoms with Gasteiger partial charge in [0, 0.05) is 31.6 Å². The summed E-state index contributed by atoms with van der Waals surface area (Å²) in [5.41, 5.74) is 1.15. The number of likely N-dealkylation sites (N-methyl/N-ethyl adjacent to an activating group) is 1. The fraction of sp³-hybridized carbons (Fsp3) is 0.440. The van der Waals surface area contributed by atoms with Crippen molar-refractivity contribution in [3.8, 4) is 5.75 Å². The number of halogens is 1. The molecule has 8 nitrogen and oxygen atoms in total. The Morgan fingerprint density at radius 1 is 1.09 bits per heavy atom. The highest BCUT2D eigenvalue weighted by atomic mass is 35.5. The van der Waals surface area contributed by atoms with E-state index in [4.69, 9.17) is 16.3 Å². The molecule has 2 aromatic rings. The average Bonchev–Trinajstić information content (AvgIpc) is 2.82. The molecule has 0 unspecified atom stereocenters. The maximum Gasteiger partial charge on any atom is 0.242 e. The van der Waals surface area contributed by atoms with Crippen molar-refractivity contribution in [2.45, 2.75) is 45.7 Å². The van der Waals surface area contributed by atoms with E-state index >= 15 is 0 Å². The Bertz CT molecular complexity index is 1110. The molecule has 2 rings (SSSR count). The number of carbonyl (C=O) groups excluding carboxylic acids is 2. The lowest BCUT2D eigenvalue weighted by atomic mass is 10.1. The van der Waals surface area contributed by atoms with Crippen LogP contribution in [0.25, 0.3) is 0 Å². The first-order valence-corrected chi connectivity index (χ1v) is 13.8. The van der Waals surface area contributed by atoms with E-state index in [-0.39, 0.29) is 37.7 Å². The van der Waals surface area contributed by atoms with Crippen LogP contribution in [0.4, 0.5) is 5.69 Å². The van der Waals surface area contributed by atoms with Crippen LogP contribution in [0.15, 0.2) is 48.5 Å². The Labute approximate surface area is 213 Å². The molecule has 0 aliphatic rings. The second-order valence-electron chi connectivity index (χ2n) is 7.99. The molecule has 1 atom stereocenters. The Balaban J connectivity index is 2.24. The van der Waals surface area contributed by atoms with Crippen LogP contribution in [0.1, 0.15) is 38.7 Å². The van der Waals surface area contributed by atoms with Gasteiger partial charge >= 0.3 is 0 Å². The van der Waals surface area contributed by atoms with Crippen LogP contribution in [0.5, 0.6) is 5.75 Å². The second-order valence-corrected chi connectivity index (χ2v) is 10.3. The van der Waals surface area contributed by atoms with Crippen molar-refractivity contribution in [1.29, 1.82) is 0 Å². The van der Waals surface area contributed by atoms with Crippen molar-refractivity contribution in [3.05, 3.63) is 59.1 Å². The molecule has 192 valence electrons. The zero-order valence-electron chi connectivity index (χ0n) is 20.7. The van der Waals surface area contributed by atoms with Crippen LogP contribution in [-0.4, -0.2) is 57.6 Å². The molecule has 2 aromatic carbocycles. The topological polar surface area (TPSA) is 96.0 Å². The smallest absolute Gasteiger partial charge is 0.242 e. The number of carbonyl (C=O) groups is 2. The molecule has 0 fully saturated rings. The van der Waals surface area contributed by atoms with Gasteiger partial charge in [-0.25, -0.2) is 8.42 Å². The quantitative estimate of drug-likeness (QED) is 0.430. The van der Waals surface area contributed by atoms with Crippen LogP contribution in [-0.2, 0) is 26.2 Å². The molecule has 35 heavy (non-hydrogen) atoms. The molecule has 0 saturated heterocycles. The number of nitrogens with one attached hydrogen (secondary N) is 1. The van der Waals surface area contributed by atoms with E-state index in [1.807, 2.05) is 26.0 Å². The van der Waals surface area contributed by atoms with Crippen molar-refractivity contribution >= 4 is 39.1 Å². The van der Waals surface area contributed by atoms with Crippen molar-refractivity contribution in [2.24, 2.45) is 0 Å². The van der Waals surface area contributed by atoms with Gasteiger partial charge in [0.05, 0.1) is 18.6 Å². The van der Waals surface area contributed by atoms with Gasteiger partial charge in [-0.15, -0.1) is 0 Å². The summed E-state index contributed by atoms with van der Waals surface area (Å²) in [6.07, 6.45) is 1.86. The van der Waals surface area contributed by atoms with Gasteiger partial charge < -0.3 is 15.0 Å². The molecule has 0 heterocycles. The Hall–Kier alpha value is -2.78. The number of nitrogens with zero attached hydrogens (tertiary/aromatic N) is 2. The van der Waals surface area contributed by atoms with Gasteiger partial charge in [-0.3, -0.25) is 13.9 Å². The summed E-state index contributed by atoms with van der Waals surface area (Å²) in [4.78, 5) is 27.4. The van der Waals surface area contributed by atoms with Crippen molar-refractivity contribution in [1.82, 2.24) is 10.2 Å². The molecular formula is C25H34ClN3O5S. The van der Waals surface area contributed by atoms with Gasteiger partial charge in [-0.1, -0.05) is 48.9 Å². The molecule has 0 aliphatic heterocycles. The summed E-state index contributed by atoms with van der Waals surface area (Å²) in [6.45, 7) is 4.31. The number of amides is 2. The summed E-state index contributed by atoms with van der Waals surface area (Å²) in [7, 11) is -2.09. The summed E-state index contributed by atoms with van der Waals surface area (Å²) in [6, 6.07) is 13.4. The minimum absolute atomic E-state index is 0.0563. The van der Waals surface area contributed by atoms with Crippen LogP contribution in [0.2, 0.25) is 5.02 Å². The summed E-state index contributed by atoms with van der Waals surface area (Å²) in [5, 5.41) is 3.13. The van der Waals surface area contributed by atoms with Crippen LogP contribution >= 0.6 is 11.6 Å². The third-order valence-corrected chi connectivity index (χ3v) is 7.07. The highest BCUT2D eigenvalue weighted by molar-refractivity contribution is 7.92. The SMILES string of the molecule is CCOc1ccccc1N(CCCC(=O)N(Cc1ccccc1Cl)[C@@H](CC)C(=O)NC)S(C)(=O)=O. The number of ether oxygens (including phenoxy) is 1. The number of anilines is 1. The molecular weight excluding hydrogens is 490 g/mol. The zero-order chi connectivity index (χ0) is 26.0. The highest BCUT2D eigenvalue weighted by Gasteiger charge is 2.29. The van der Waals surface area contributed by atoms with E-state index in [0.29, 0.717) is 29.5 Å². The van der Waals surface area contributed by atoms with E-state index in [0.717, 1.165) is 11.8 Å². The number of hydrogen-bond donors (Lipinski definition) is 1. The summed E-state index contributed by atoms with van der Waals surface area (Å²) < 4.78 is 32.0. The van der Waals surface area contributed by atoms with E-state index in [9.17, 15) is 18.0 Å². The number of benzene rings is 2. The molecule has 0 spiro atoms. The molecule has 1 N–H and O–H groups in total. The third-order valence-electron chi connectivity index (χ3n) is 5.52. The monoisotopic (exact) mass is 523 g/mol. The van der Waals surface area contributed by atoms with Crippen LogP contribution in [0.3, 0.4) is 0 Å². The van der Waals surface area contributed by atoms with E-state index in [1.54, 1.807) is 36.4 Å². The van der Waals surface area contributed by atoms with Crippen LogP contribution < -0.4 is 14.4 Å². The normalized spacial score (nSPS) is 12.0. The van der Waals surface area contributed by atoms with E-state index in [2.05, 4.69) is 5.32 Å². The van der Waals surface area contributed by atoms with Crippen molar-refractivity contribution < 1.29 is 22.7 Å². The predicted octanol–water partition coefficient (Wildman–Crippen LogP) is 3.84. The van der Waals surface area contributed by atoms with Gasteiger partial charge in [-0.05, 0) is 43.5 Å². The molecule has 0 bridgehead atoms. The lowest BCUT2D eigenvalue weighted by Gasteiger charge is -2.31. The van der Waals surface area contributed by atoms with Gasteiger partial charge in [0.25, 0.3) is 0 Å². The maximum absolute atomic E-state index is 13.3.